The van der Waals surface area contributed by atoms with Crippen molar-refractivity contribution in [2.75, 3.05) is 13.2 Å². The van der Waals surface area contributed by atoms with E-state index in [4.69, 9.17) is 9.84 Å². The number of hydrogen-bond acceptors (Lipinski definition) is 3. The first kappa shape index (κ1) is 14.5. The van der Waals surface area contributed by atoms with E-state index in [2.05, 4.69) is 28.2 Å². The molecular formula is C13H20BrNO2. The first-order chi connectivity index (χ1) is 8.13. The Bertz CT molecular complexity index is 342. The number of nitrogens with one attached hydrogen (secondary N) is 1. The molecule has 0 aliphatic rings. The third kappa shape index (κ3) is 5.52. The monoisotopic (exact) mass is 301 g/mol. The van der Waals surface area contributed by atoms with Crippen LogP contribution in [0.4, 0.5) is 0 Å². The molecule has 17 heavy (non-hydrogen) atoms. The van der Waals surface area contributed by atoms with Crippen LogP contribution in [0.3, 0.4) is 0 Å². The number of hydrogen-bond donors (Lipinski definition) is 2. The number of ether oxygens (including phenoxy) is 1. The fourth-order valence-electron chi connectivity index (χ4n) is 1.41. The van der Waals surface area contributed by atoms with Crippen molar-refractivity contribution >= 4 is 15.9 Å². The molecule has 2 N–H and O–H groups in total. The van der Waals surface area contributed by atoms with Crippen molar-refractivity contribution in [2.24, 2.45) is 0 Å². The highest BCUT2D eigenvalue weighted by Gasteiger charge is 2.02. The first-order valence-corrected chi connectivity index (χ1v) is 6.72. The quantitative estimate of drug-likeness (QED) is 0.814. The Morgan fingerprint density at radius 1 is 1.47 bits per heavy atom. The minimum Gasteiger partial charge on any atom is -0.492 e. The van der Waals surface area contributed by atoms with Gasteiger partial charge in [-0.3, -0.25) is 0 Å². The third-order valence-corrected chi connectivity index (χ3v) is 2.85. The zero-order valence-electron chi connectivity index (χ0n) is 10.4. The summed E-state index contributed by atoms with van der Waals surface area (Å²) in [5.74, 6) is 0.881. The molecule has 0 heterocycles. The third-order valence-electron chi connectivity index (χ3n) is 2.23. The molecule has 0 aliphatic carbocycles. The van der Waals surface area contributed by atoms with E-state index < -0.39 is 0 Å². The van der Waals surface area contributed by atoms with Gasteiger partial charge in [0.1, 0.15) is 5.75 Å². The Hall–Kier alpha value is -0.580. The summed E-state index contributed by atoms with van der Waals surface area (Å²) in [6.07, 6.45) is 0.690. The Morgan fingerprint density at radius 3 is 2.82 bits per heavy atom. The topological polar surface area (TPSA) is 41.5 Å². The molecule has 0 radical (unpaired) electrons. The molecule has 1 atom stereocenters. The van der Waals surface area contributed by atoms with Crippen molar-refractivity contribution in [1.82, 2.24) is 5.32 Å². The fourth-order valence-corrected chi connectivity index (χ4v) is 1.95. The zero-order chi connectivity index (χ0) is 12.7. The lowest BCUT2D eigenvalue weighted by atomic mass is 10.2. The average molecular weight is 302 g/mol. The minimum absolute atomic E-state index is 0.314. The summed E-state index contributed by atoms with van der Waals surface area (Å²) in [5, 5.41) is 12.3. The molecule has 4 heteroatoms. The van der Waals surface area contributed by atoms with E-state index in [1.165, 1.54) is 5.56 Å². The minimum atomic E-state index is -0.314. The Morgan fingerprint density at radius 2 is 2.24 bits per heavy atom. The summed E-state index contributed by atoms with van der Waals surface area (Å²) >= 11 is 3.50. The predicted molar refractivity (Wildman–Crippen MR) is 73.3 cm³/mol. The second kappa shape index (κ2) is 7.69. The van der Waals surface area contributed by atoms with E-state index in [1.54, 1.807) is 6.92 Å². The van der Waals surface area contributed by atoms with Crippen LogP contribution in [-0.2, 0) is 6.54 Å². The summed E-state index contributed by atoms with van der Waals surface area (Å²) in [4.78, 5) is 0. The van der Waals surface area contributed by atoms with Crippen LogP contribution in [0.1, 0.15) is 25.8 Å². The van der Waals surface area contributed by atoms with Crippen LogP contribution in [0, 0.1) is 0 Å². The first-order valence-electron chi connectivity index (χ1n) is 5.93. The molecule has 0 aliphatic heterocycles. The molecule has 0 bridgehead atoms. The molecule has 0 fully saturated rings. The molecule has 0 saturated heterocycles. The molecule has 0 aromatic heterocycles. The molecule has 0 unspecified atom stereocenters. The maximum Gasteiger partial charge on any atom is 0.133 e. The second-order valence-electron chi connectivity index (χ2n) is 4.09. The van der Waals surface area contributed by atoms with Gasteiger partial charge < -0.3 is 15.2 Å². The van der Waals surface area contributed by atoms with Gasteiger partial charge in [-0.2, -0.15) is 0 Å². The largest absolute Gasteiger partial charge is 0.492 e. The van der Waals surface area contributed by atoms with Crippen LogP contribution in [0.5, 0.6) is 5.75 Å². The van der Waals surface area contributed by atoms with Crippen molar-refractivity contribution < 1.29 is 9.84 Å². The summed E-state index contributed by atoms with van der Waals surface area (Å²) in [6, 6.07) is 6.05. The van der Waals surface area contributed by atoms with Gasteiger partial charge in [0.15, 0.2) is 0 Å². The van der Waals surface area contributed by atoms with E-state index in [1.807, 2.05) is 18.2 Å². The fraction of sp³-hybridized carbons (Fsp3) is 0.538. The van der Waals surface area contributed by atoms with Crippen LogP contribution >= 0.6 is 15.9 Å². The van der Waals surface area contributed by atoms with Crippen molar-refractivity contribution in [3.63, 3.8) is 0 Å². The van der Waals surface area contributed by atoms with Crippen molar-refractivity contribution in [3.05, 3.63) is 28.2 Å². The Balaban J connectivity index is 2.50. The summed E-state index contributed by atoms with van der Waals surface area (Å²) in [6.45, 7) is 5.94. The number of benzene rings is 1. The normalized spacial score (nSPS) is 12.5. The number of aliphatic hydroxyl groups is 1. The maximum atomic E-state index is 9.13. The smallest absolute Gasteiger partial charge is 0.133 e. The van der Waals surface area contributed by atoms with Crippen molar-refractivity contribution in [3.8, 4) is 5.75 Å². The molecule has 1 aromatic rings. The van der Waals surface area contributed by atoms with Crippen LogP contribution in [0.25, 0.3) is 0 Å². The highest BCUT2D eigenvalue weighted by molar-refractivity contribution is 9.10. The average Bonchev–Trinajstić information content (AvgIpc) is 2.27. The van der Waals surface area contributed by atoms with Gasteiger partial charge in [0.25, 0.3) is 0 Å². The highest BCUT2D eigenvalue weighted by atomic mass is 79.9. The van der Waals surface area contributed by atoms with Crippen LogP contribution in [0.2, 0.25) is 0 Å². The summed E-state index contributed by atoms with van der Waals surface area (Å²) in [7, 11) is 0. The summed E-state index contributed by atoms with van der Waals surface area (Å²) < 4.78 is 6.55. The van der Waals surface area contributed by atoms with E-state index in [0.29, 0.717) is 6.54 Å². The van der Waals surface area contributed by atoms with Gasteiger partial charge in [-0.1, -0.05) is 13.0 Å². The van der Waals surface area contributed by atoms with Crippen molar-refractivity contribution in [2.45, 2.75) is 32.9 Å². The predicted octanol–water partition coefficient (Wildman–Crippen LogP) is 2.71. The molecule has 0 spiro atoms. The second-order valence-corrected chi connectivity index (χ2v) is 4.95. The van der Waals surface area contributed by atoms with E-state index in [9.17, 15) is 0 Å². The molecule has 0 amide bonds. The van der Waals surface area contributed by atoms with Crippen LogP contribution in [0.15, 0.2) is 22.7 Å². The van der Waals surface area contributed by atoms with E-state index in [-0.39, 0.29) is 6.10 Å². The zero-order valence-corrected chi connectivity index (χ0v) is 12.0. The molecular weight excluding hydrogens is 282 g/mol. The SMILES string of the molecule is CCCOc1ccc(CNC[C@@H](C)O)cc1Br. The number of aliphatic hydroxyl groups excluding tert-OH is 1. The van der Waals surface area contributed by atoms with Gasteiger partial charge in [0, 0.05) is 13.1 Å². The highest BCUT2D eigenvalue weighted by Crippen LogP contribution is 2.26. The Kier molecular flexibility index (Phi) is 6.55. The molecule has 1 rings (SSSR count). The van der Waals surface area contributed by atoms with Gasteiger partial charge in [0.2, 0.25) is 0 Å². The van der Waals surface area contributed by atoms with E-state index >= 15 is 0 Å². The lowest BCUT2D eigenvalue weighted by Crippen LogP contribution is -2.23. The summed E-state index contributed by atoms with van der Waals surface area (Å²) in [5.41, 5.74) is 1.17. The number of rotatable bonds is 7. The Labute approximate surface area is 111 Å². The lowest BCUT2D eigenvalue weighted by Gasteiger charge is -2.10. The molecule has 0 saturated carbocycles. The standard InChI is InChI=1S/C13H20BrNO2/c1-3-6-17-13-5-4-11(7-12(13)14)9-15-8-10(2)16/h4-5,7,10,15-16H,3,6,8-9H2,1-2H3/t10-/m1/s1. The van der Waals surface area contributed by atoms with Gasteiger partial charge in [-0.05, 0) is 47.0 Å². The molecule has 1 aromatic carbocycles. The van der Waals surface area contributed by atoms with Crippen LogP contribution in [-0.4, -0.2) is 24.4 Å². The van der Waals surface area contributed by atoms with Gasteiger partial charge in [0.05, 0.1) is 17.2 Å². The van der Waals surface area contributed by atoms with Gasteiger partial charge in [-0.25, -0.2) is 0 Å². The molecule has 3 nitrogen and oxygen atoms in total. The van der Waals surface area contributed by atoms with Crippen LogP contribution < -0.4 is 10.1 Å². The number of halogens is 1. The van der Waals surface area contributed by atoms with E-state index in [0.717, 1.165) is 29.8 Å². The van der Waals surface area contributed by atoms with Gasteiger partial charge >= 0.3 is 0 Å². The van der Waals surface area contributed by atoms with Crippen molar-refractivity contribution in [1.29, 1.82) is 0 Å². The molecule has 96 valence electrons. The van der Waals surface area contributed by atoms with Gasteiger partial charge in [-0.15, -0.1) is 0 Å². The lowest BCUT2D eigenvalue weighted by molar-refractivity contribution is 0.191. The maximum absolute atomic E-state index is 9.13.